The number of thiocarbonyl (C=S) groups is 1. The smallest absolute Gasteiger partial charge is 0.338 e. The number of allylic oxidation sites excluding steroid dienone is 1. The van der Waals surface area contributed by atoms with Gasteiger partial charge in [-0.05, 0) is 101 Å². The lowest BCUT2D eigenvalue weighted by Crippen LogP contribution is -2.45. The molecule has 42 heavy (non-hydrogen) atoms. The van der Waals surface area contributed by atoms with Gasteiger partial charge >= 0.3 is 5.97 Å². The summed E-state index contributed by atoms with van der Waals surface area (Å²) in [5.41, 5.74) is 6.00. The van der Waals surface area contributed by atoms with Crippen LogP contribution in [0.5, 0.6) is 11.5 Å². The van der Waals surface area contributed by atoms with Crippen LogP contribution in [0.2, 0.25) is 0 Å². The molecule has 3 N–H and O–H groups in total. The summed E-state index contributed by atoms with van der Waals surface area (Å²) in [6, 6.07) is 20.3. The van der Waals surface area contributed by atoms with Gasteiger partial charge in [0.25, 0.3) is 5.91 Å². The van der Waals surface area contributed by atoms with Crippen LogP contribution in [0.3, 0.4) is 0 Å². The number of carbonyl (C=O) groups is 2. The maximum Gasteiger partial charge on any atom is 0.338 e. The minimum atomic E-state index is -0.611. The molecule has 1 aliphatic heterocycles. The fourth-order valence-electron chi connectivity index (χ4n) is 4.13. The van der Waals surface area contributed by atoms with Crippen LogP contribution in [0.15, 0.2) is 83.1 Å². The topological polar surface area (TPSA) is 110 Å². The molecule has 4 rings (SSSR count). The third-order valence-electron chi connectivity index (χ3n) is 6.00. The summed E-state index contributed by atoms with van der Waals surface area (Å²) in [6.07, 6.45) is 1.57. The van der Waals surface area contributed by atoms with E-state index in [1.807, 2.05) is 48.5 Å². The van der Waals surface area contributed by atoms with Crippen LogP contribution in [0.4, 0.5) is 0 Å². The number of halogens is 2. The van der Waals surface area contributed by atoms with Gasteiger partial charge in [-0.2, -0.15) is 5.10 Å². The molecule has 0 bridgehead atoms. The molecule has 0 fully saturated rings. The first-order valence-corrected chi connectivity index (χ1v) is 15.5. The Morgan fingerprint density at radius 3 is 2.45 bits per heavy atom. The van der Waals surface area contributed by atoms with Crippen molar-refractivity contribution < 1.29 is 23.8 Å². The van der Waals surface area contributed by atoms with E-state index < -0.39 is 17.9 Å². The molecule has 0 spiro atoms. The number of esters is 1. The highest BCUT2D eigenvalue weighted by molar-refractivity contribution is 14.1. The molecule has 0 radical (unpaired) electrons. The summed E-state index contributed by atoms with van der Waals surface area (Å²) in [6.45, 7) is 3.92. The molecule has 0 saturated carbocycles. The molecule has 1 heterocycles. The number of benzene rings is 3. The van der Waals surface area contributed by atoms with E-state index in [0.717, 1.165) is 24.0 Å². The monoisotopic (exact) mass is 810 g/mol. The van der Waals surface area contributed by atoms with Gasteiger partial charge in [0.2, 0.25) is 0 Å². The Morgan fingerprint density at radius 1 is 1.05 bits per heavy atom. The molecule has 1 atom stereocenters. The second kappa shape index (κ2) is 15.3. The third-order valence-corrected chi connectivity index (χ3v) is 7.83. The minimum Gasteiger partial charge on any atom is -0.487 e. The number of para-hydroxylation sites is 1. The van der Waals surface area contributed by atoms with Crippen LogP contribution in [0, 0.1) is 7.14 Å². The first kappa shape index (κ1) is 31.7. The summed E-state index contributed by atoms with van der Waals surface area (Å²) >= 11 is 9.77. The Kier molecular flexibility index (Phi) is 11.5. The summed E-state index contributed by atoms with van der Waals surface area (Å²) in [4.78, 5) is 25.3. The Labute approximate surface area is 276 Å². The van der Waals surface area contributed by atoms with Gasteiger partial charge < -0.3 is 24.8 Å². The van der Waals surface area contributed by atoms with Crippen molar-refractivity contribution in [2.24, 2.45) is 5.10 Å². The maximum atomic E-state index is 12.7. The molecule has 3 aromatic rings. The van der Waals surface area contributed by atoms with Crippen molar-refractivity contribution in [2.75, 3.05) is 13.2 Å². The lowest BCUT2D eigenvalue weighted by molar-refractivity contribution is -0.139. The minimum absolute atomic E-state index is 0.232. The SMILES string of the molecule is CCOC(=O)C1=C(C)NC(=S)N[C@H]1c1ccccc1OCC(=O)NN=Cc1cc(I)c(OCc2ccccc2)c(I)c1. The molecule has 218 valence electrons. The Bertz CT molecular complexity index is 1510. The molecule has 12 heteroatoms. The maximum absolute atomic E-state index is 12.7. The largest absolute Gasteiger partial charge is 0.487 e. The van der Waals surface area contributed by atoms with Gasteiger partial charge in [-0.15, -0.1) is 0 Å². The average molecular weight is 810 g/mol. The Hall–Kier alpha value is -3.24. The summed E-state index contributed by atoms with van der Waals surface area (Å²) in [5.74, 6) is 0.306. The number of hydrogen-bond acceptors (Lipinski definition) is 7. The van der Waals surface area contributed by atoms with Crippen molar-refractivity contribution >= 4 is 80.6 Å². The highest BCUT2D eigenvalue weighted by Gasteiger charge is 2.32. The molecule has 9 nitrogen and oxygen atoms in total. The average Bonchev–Trinajstić information content (AvgIpc) is 2.96. The van der Waals surface area contributed by atoms with E-state index in [1.165, 1.54) is 0 Å². The number of nitrogens with one attached hydrogen (secondary N) is 3. The lowest BCUT2D eigenvalue weighted by atomic mass is 9.95. The molecule has 0 aromatic heterocycles. The molecule has 0 saturated heterocycles. The van der Waals surface area contributed by atoms with Crippen LogP contribution in [-0.2, 0) is 20.9 Å². The first-order chi connectivity index (χ1) is 20.3. The highest BCUT2D eigenvalue weighted by atomic mass is 127. The van der Waals surface area contributed by atoms with Crippen molar-refractivity contribution in [1.82, 2.24) is 16.1 Å². The number of rotatable bonds is 11. The first-order valence-electron chi connectivity index (χ1n) is 12.9. The van der Waals surface area contributed by atoms with E-state index in [-0.39, 0.29) is 13.2 Å². The predicted octanol–water partition coefficient (Wildman–Crippen LogP) is 5.36. The normalized spacial score (nSPS) is 14.7. The number of carbonyl (C=O) groups excluding carboxylic acids is 2. The second-order valence-electron chi connectivity index (χ2n) is 9.00. The molecule has 1 amide bonds. The fraction of sp³-hybridized carbons (Fsp3) is 0.200. The zero-order valence-electron chi connectivity index (χ0n) is 22.8. The lowest BCUT2D eigenvalue weighted by Gasteiger charge is -2.30. The number of amides is 1. The molecular formula is C30H28I2N4O5S. The van der Waals surface area contributed by atoms with E-state index >= 15 is 0 Å². The zero-order chi connectivity index (χ0) is 30.1. The molecular weight excluding hydrogens is 782 g/mol. The predicted molar refractivity (Wildman–Crippen MR) is 181 cm³/mol. The van der Waals surface area contributed by atoms with Crippen LogP contribution < -0.4 is 25.5 Å². The highest BCUT2D eigenvalue weighted by Crippen LogP contribution is 2.34. The van der Waals surface area contributed by atoms with Crippen LogP contribution >= 0.6 is 57.4 Å². The quantitative estimate of drug-likeness (QED) is 0.0782. The van der Waals surface area contributed by atoms with Crippen molar-refractivity contribution in [2.45, 2.75) is 26.5 Å². The van der Waals surface area contributed by atoms with Gasteiger partial charge in [0.05, 0.1) is 31.6 Å². The molecule has 1 aliphatic rings. The van der Waals surface area contributed by atoms with Gasteiger partial charge in [-0.1, -0.05) is 48.5 Å². The van der Waals surface area contributed by atoms with Crippen molar-refractivity contribution in [1.29, 1.82) is 0 Å². The van der Waals surface area contributed by atoms with E-state index in [4.69, 9.17) is 26.4 Å². The van der Waals surface area contributed by atoms with Gasteiger partial charge in [-0.25, -0.2) is 10.2 Å². The summed E-state index contributed by atoms with van der Waals surface area (Å²) in [5, 5.41) is 10.5. The van der Waals surface area contributed by atoms with Gasteiger partial charge in [-0.3, -0.25) is 4.79 Å². The summed E-state index contributed by atoms with van der Waals surface area (Å²) < 4.78 is 19.0. The molecule has 3 aromatic carbocycles. The Balaban J connectivity index is 1.38. The molecule has 0 aliphatic carbocycles. The van der Waals surface area contributed by atoms with Gasteiger partial charge in [0.15, 0.2) is 11.7 Å². The van der Waals surface area contributed by atoms with Crippen LogP contribution in [-0.4, -0.2) is 36.4 Å². The number of ether oxygens (including phenoxy) is 3. The zero-order valence-corrected chi connectivity index (χ0v) is 27.9. The number of nitrogens with zero attached hydrogens (tertiary/aromatic N) is 1. The fourth-order valence-corrected chi connectivity index (χ4v) is 6.53. The number of hydrogen-bond donors (Lipinski definition) is 3. The van der Waals surface area contributed by atoms with Gasteiger partial charge in [0.1, 0.15) is 18.1 Å². The van der Waals surface area contributed by atoms with Crippen LogP contribution in [0.1, 0.15) is 36.6 Å². The number of hydrazone groups is 1. The van der Waals surface area contributed by atoms with Gasteiger partial charge in [0, 0.05) is 11.3 Å². The Morgan fingerprint density at radius 2 is 1.74 bits per heavy atom. The third kappa shape index (κ3) is 8.41. The van der Waals surface area contributed by atoms with E-state index in [1.54, 1.807) is 38.3 Å². The van der Waals surface area contributed by atoms with E-state index in [0.29, 0.717) is 34.3 Å². The van der Waals surface area contributed by atoms with Crippen molar-refractivity contribution in [3.8, 4) is 11.5 Å². The molecule has 0 unspecified atom stereocenters. The van der Waals surface area contributed by atoms with E-state index in [2.05, 4.69) is 66.3 Å². The van der Waals surface area contributed by atoms with Crippen molar-refractivity contribution in [3.05, 3.63) is 102 Å². The standard InChI is InChI=1S/C30H28I2N4O5S/c1-3-39-29(38)26-18(2)34-30(42)35-27(26)21-11-7-8-12-24(21)40-17-25(37)36-33-15-20-13-22(31)28(23(32)14-20)41-16-19-9-5-4-6-10-19/h4-15,27H,3,16-17H2,1-2H3,(H,36,37)(H2,34,35,42)/t27-/m0/s1. The summed E-state index contributed by atoms with van der Waals surface area (Å²) in [7, 11) is 0. The van der Waals surface area contributed by atoms with Crippen LogP contribution in [0.25, 0.3) is 0 Å². The van der Waals surface area contributed by atoms with Crippen molar-refractivity contribution in [3.63, 3.8) is 0 Å². The second-order valence-corrected chi connectivity index (χ2v) is 11.7. The van der Waals surface area contributed by atoms with E-state index in [9.17, 15) is 9.59 Å².